The van der Waals surface area contributed by atoms with Crippen molar-refractivity contribution in [2.75, 3.05) is 44.6 Å². The summed E-state index contributed by atoms with van der Waals surface area (Å²) in [4.78, 5) is 109. The number of Topliss-reactive ketones (excluding diaryl/α,β-unsaturated/α-hetero) is 1. The van der Waals surface area contributed by atoms with Gasteiger partial charge in [-0.1, -0.05) is 93.3 Å². The molecule has 3 fully saturated rings. The predicted octanol–water partition coefficient (Wildman–Crippen LogP) is 8.45. The Hall–Kier alpha value is -6.04. The van der Waals surface area contributed by atoms with Crippen LogP contribution in [-0.2, 0) is 60.6 Å². The molecule has 4 aliphatic heterocycles. The number of esters is 1. The molecule has 4 aliphatic rings. The van der Waals surface area contributed by atoms with Gasteiger partial charge in [-0.05, 0) is 105 Å². The molecule has 0 aromatic heterocycles. The molecule has 0 saturated carbocycles. The minimum absolute atomic E-state index is 0.0401. The molecule has 1 unspecified atom stereocenters. The summed E-state index contributed by atoms with van der Waals surface area (Å²) in [6.45, 7) is 11.2. The molecule has 0 spiro atoms. The molecule has 6 rings (SSSR count). The van der Waals surface area contributed by atoms with E-state index in [9.17, 15) is 43.5 Å². The second kappa shape index (κ2) is 29.4. The number of unbranched alkanes of at least 4 members (excludes halogenated alkanes) is 2. The summed E-state index contributed by atoms with van der Waals surface area (Å²) < 4.78 is 45.7. The van der Waals surface area contributed by atoms with E-state index in [1.54, 1.807) is 45.1 Å². The van der Waals surface area contributed by atoms with Crippen LogP contribution in [0, 0.1) is 29.5 Å². The van der Waals surface area contributed by atoms with Gasteiger partial charge in [-0.25, -0.2) is 14.0 Å². The molecule has 10 atom stereocenters. The van der Waals surface area contributed by atoms with Gasteiger partial charge in [-0.2, -0.15) is 0 Å². The maximum atomic E-state index is 16.2. The first kappa shape index (κ1) is 67.1. The molecule has 0 aliphatic carbocycles. The molecule has 2 aromatic carbocycles. The lowest BCUT2D eigenvalue weighted by Crippen LogP contribution is -2.53. The van der Waals surface area contributed by atoms with Gasteiger partial charge in [0.1, 0.15) is 46.1 Å². The number of aliphatic hydroxyl groups is 1. The number of hydrogen-bond donors (Lipinski definition) is 5. The summed E-state index contributed by atoms with van der Waals surface area (Å²) >= 11 is 19.2. The lowest BCUT2D eigenvalue weighted by atomic mass is 9.78. The van der Waals surface area contributed by atoms with E-state index < -0.39 is 108 Å². The predicted molar refractivity (Wildman–Crippen MR) is 317 cm³/mol. The van der Waals surface area contributed by atoms with E-state index in [0.717, 1.165) is 23.3 Å². The van der Waals surface area contributed by atoms with Gasteiger partial charge >= 0.3 is 18.1 Å². The maximum absolute atomic E-state index is 16.2. The van der Waals surface area contributed by atoms with Gasteiger partial charge in [0.05, 0.1) is 48.5 Å². The molecule has 4 heterocycles. The monoisotopic (exact) mass is 1230 g/mol. The van der Waals surface area contributed by atoms with Crippen molar-refractivity contribution in [3.8, 4) is 5.75 Å². The number of methoxy groups -OCH3 is 2. The van der Waals surface area contributed by atoms with Crippen molar-refractivity contribution in [3.05, 3.63) is 75.1 Å². The molecular formula is C60H79Cl2FN6O14S. The number of fused-ring (bicyclic) bond motifs is 5. The molecule has 20 nitrogen and oxygen atoms in total. The average Bonchev–Trinajstić information content (AvgIpc) is 3.70. The number of thiocarbonyl (C=S) groups is 1. The Kier molecular flexibility index (Phi) is 23.5. The SMILES string of the molecule is COc1cc2cc(c1Cl)N(C)C(=O)C[C@H](OC(=O)Nc1cc(F)c(CC(=O)[C@H](CCCNC(N)=O)NC(=O)[C@@H](CC(=S)CCCCCN3C(=O)CC(C)C3=O)C(C)C)cc1Cl)[C@]1(C)O[C@H]1[C@H](C)[C@@H]1C[C@@](O)(CC(=O)O1)[C@H](OC)/C=C/C=C(\C)C2. The number of rotatable bonds is 22. The Balaban J connectivity index is 1.18. The van der Waals surface area contributed by atoms with E-state index in [-0.39, 0.29) is 90.0 Å². The maximum Gasteiger partial charge on any atom is 0.412 e. The van der Waals surface area contributed by atoms with E-state index in [0.29, 0.717) is 55.0 Å². The fourth-order valence-corrected chi connectivity index (χ4v) is 12.1. The summed E-state index contributed by atoms with van der Waals surface area (Å²) in [5.41, 5.74) is 3.69. The number of ether oxygens (including phenoxy) is 5. The van der Waals surface area contributed by atoms with Crippen molar-refractivity contribution in [2.24, 2.45) is 29.4 Å². The van der Waals surface area contributed by atoms with Crippen molar-refractivity contribution in [1.29, 1.82) is 0 Å². The largest absolute Gasteiger partial charge is 0.495 e. The number of amides is 7. The van der Waals surface area contributed by atoms with Crippen LogP contribution in [0.15, 0.2) is 48.1 Å². The first-order chi connectivity index (χ1) is 39.6. The molecular weight excluding hydrogens is 1150 g/mol. The van der Waals surface area contributed by atoms with E-state index in [1.807, 2.05) is 26.8 Å². The first-order valence-electron chi connectivity index (χ1n) is 28.4. The van der Waals surface area contributed by atoms with Crippen LogP contribution in [-0.4, -0.2) is 138 Å². The van der Waals surface area contributed by atoms with Crippen molar-refractivity contribution in [1.82, 2.24) is 15.5 Å². The minimum Gasteiger partial charge on any atom is -0.495 e. The minimum atomic E-state index is -1.68. The van der Waals surface area contributed by atoms with Crippen LogP contribution < -0.4 is 31.3 Å². The lowest BCUT2D eigenvalue weighted by molar-refractivity contribution is -0.187. The highest BCUT2D eigenvalue weighted by atomic mass is 35.5. The number of urea groups is 1. The molecule has 2 aromatic rings. The molecule has 84 heavy (non-hydrogen) atoms. The van der Waals surface area contributed by atoms with Gasteiger partial charge in [0, 0.05) is 64.3 Å². The number of primary amides is 1. The third-order valence-electron chi connectivity index (χ3n) is 16.3. The zero-order valence-electron chi connectivity index (χ0n) is 49.1. The highest BCUT2D eigenvalue weighted by Crippen LogP contribution is 2.50. The number of benzene rings is 2. The van der Waals surface area contributed by atoms with Crippen LogP contribution in [0.1, 0.15) is 123 Å². The summed E-state index contributed by atoms with van der Waals surface area (Å²) in [5.74, 6) is -4.98. The number of likely N-dealkylation sites (tertiary alicyclic amines) is 1. The normalized spacial score (nSPS) is 26.3. The van der Waals surface area contributed by atoms with Gasteiger partial charge in [-0.3, -0.25) is 39.0 Å². The summed E-state index contributed by atoms with van der Waals surface area (Å²) in [5, 5.41) is 19.7. The van der Waals surface area contributed by atoms with Gasteiger partial charge in [-0.15, -0.1) is 0 Å². The number of carbonyl (C=O) groups is 8. The topological polar surface area (TPSA) is 275 Å². The second-order valence-electron chi connectivity index (χ2n) is 23.1. The molecule has 4 bridgehead atoms. The number of halogens is 3. The van der Waals surface area contributed by atoms with Crippen LogP contribution in [0.2, 0.25) is 10.0 Å². The first-order valence-corrected chi connectivity index (χ1v) is 29.5. The highest BCUT2D eigenvalue weighted by Gasteiger charge is 2.64. The van der Waals surface area contributed by atoms with E-state index >= 15 is 4.39 Å². The number of carbonyl (C=O) groups excluding carboxylic acids is 8. The fourth-order valence-electron chi connectivity index (χ4n) is 11.2. The Bertz CT molecular complexity index is 2910. The molecule has 3 saturated heterocycles. The molecule has 7 amide bonds. The van der Waals surface area contributed by atoms with Crippen molar-refractivity contribution in [2.45, 2.75) is 167 Å². The zero-order chi connectivity index (χ0) is 62.0. The number of allylic oxidation sites excluding steroid dienone is 3. The number of imide groups is 1. The molecule has 24 heteroatoms. The van der Waals surface area contributed by atoms with Crippen molar-refractivity contribution in [3.63, 3.8) is 0 Å². The molecule has 6 N–H and O–H groups in total. The summed E-state index contributed by atoms with van der Waals surface area (Å²) in [6, 6.07) is 3.63. The smallest absolute Gasteiger partial charge is 0.412 e. The number of ketones is 1. The summed E-state index contributed by atoms with van der Waals surface area (Å²) in [7, 11) is 4.38. The van der Waals surface area contributed by atoms with Gasteiger partial charge in [0.2, 0.25) is 23.6 Å². The second-order valence-corrected chi connectivity index (χ2v) is 24.4. The van der Waals surface area contributed by atoms with Crippen molar-refractivity contribution < 1.29 is 71.5 Å². The third kappa shape index (κ3) is 17.1. The van der Waals surface area contributed by atoms with Gasteiger partial charge < -0.3 is 50.1 Å². The fraction of sp³-hybridized carbons (Fsp3) is 0.583. The number of nitrogens with one attached hydrogen (secondary N) is 3. The van der Waals surface area contributed by atoms with E-state index in [2.05, 4.69) is 16.0 Å². The standard InChI is InChI=1S/C60H79Cl2FN6O14S/c1-32(2)39(27-38(84)16-11-10-12-20-69-51(72)22-34(4)56(69)75)55(74)66-42(17-14-19-65-57(64)76)45(70)26-37-25-40(61)43(28-41(37)63)67-58(77)82-49-29-50(71)68(7)44-23-36(24-46(79-8)53(44)62)21-33(3)15-13-18-48(80-9)60(78)30-47(81-52(73)31-60)35(5)54-59(49,6)83-54/h13,15,18,23-25,28,32,34-35,39,42,47-49,54,78H,10-12,14,16-17,19-22,26-27,29-31H2,1-9H3,(H,66,74)(H,67,77)(H3,64,65,76)/b18-13+,33-15+/t34?,35-,39+,42+,47+,48-,49+,54+,59+,60-/m1/s1. The van der Waals surface area contributed by atoms with E-state index in [1.165, 1.54) is 31.1 Å². The van der Waals surface area contributed by atoms with Crippen LogP contribution in [0.4, 0.5) is 25.4 Å². The highest BCUT2D eigenvalue weighted by molar-refractivity contribution is 7.80. The third-order valence-corrected chi connectivity index (χ3v) is 17.3. The Morgan fingerprint density at radius 2 is 1.74 bits per heavy atom. The molecule has 0 radical (unpaired) electrons. The van der Waals surface area contributed by atoms with Gasteiger partial charge in [0.25, 0.3) is 0 Å². The summed E-state index contributed by atoms with van der Waals surface area (Å²) in [6.07, 6.45) is 2.38. The lowest BCUT2D eigenvalue weighted by Gasteiger charge is -2.41. The number of nitrogens with two attached hydrogens (primary N) is 1. The Labute approximate surface area is 505 Å². The Morgan fingerprint density at radius 1 is 1.01 bits per heavy atom. The van der Waals surface area contributed by atoms with Crippen LogP contribution >= 0.6 is 35.4 Å². The number of anilines is 2. The van der Waals surface area contributed by atoms with Crippen LogP contribution in [0.3, 0.4) is 0 Å². The number of epoxide rings is 1. The van der Waals surface area contributed by atoms with Crippen molar-refractivity contribution >= 4 is 99.2 Å². The van der Waals surface area contributed by atoms with Crippen LogP contribution in [0.25, 0.3) is 0 Å². The Morgan fingerprint density at radius 3 is 2.39 bits per heavy atom. The molecule has 460 valence electrons. The number of nitrogens with zero attached hydrogens (tertiary/aromatic N) is 2. The van der Waals surface area contributed by atoms with E-state index in [4.69, 9.17) is 64.8 Å². The van der Waals surface area contributed by atoms with Gasteiger partial charge in [0.15, 0.2) is 5.78 Å². The number of hydrogen-bond acceptors (Lipinski definition) is 15. The van der Waals surface area contributed by atoms with Crippen LogP contribution in [0.5, 0.6) is 5.75 Å². The quantitative estimate of drug-likeness (QED) is 0.0243. The average molecular weight is 1230 g/mol. The zero-order valence-corrected chi connectivity index (χ0v) is 51.4.